The van der Waals surface area contributed by atoms with Gasteiger partial charge in [-0.25, -0.2) is 4.98 Å². The van der Waals surface area contributed by atoms with Gasteiger partial charge in [-0.05, 0) is 12.8 Å². The van der Waals surface area contributed by atoms with Crippen LogP contribution in [0.5, 0.6) is 0 Å². The van der Waals surface area contributed by atoms with Crippen LogP contribution in [0.1, 0.15) is 31.4 Å². The maximum absolute atomic E-state index is 12.1. The van der Waals surface area contributed by atoms with E-state index in [1.54, 1.807) is 0 Å². The molecule has 7 heteroatoms. The van der Waals surface area contributed by atoms with Crippen molar-refractivity contribution in [2.45, 2.75) is 25.7 Å². The molecule has 7 nitrogen and oxygen atoms in total. The first-order chi connectivity index (χ1) is 12.1. The van der Waals surface area contributed by atoms with Crippen molar-refractivity contribution in [2.75, 3.05) is 5.32 Å². The lowest BCUT2D eigenvalue weighted by Gasteiger charge is -2.08. The summed E-state index contributed by atoms with van der Waals surface area (Å²) in [5, 5.41) is 7.29. The number of aromatic amines is 1. The Bertz CT molecular complexity index is 986. The summed E-state index contributed by atoms with van der Waals surface area (Å²) >= 11 is 0. The first-order valence-corrected chi connectivity index (χ1v) is 8.15. The predicted molar refractivity (Wildman–Crippen MR) is 93.7 cm³/mol. The van der Waals surface area contributed by atoms with Crippen LogP contribution >= 0.6 is 0 Å². The molecule has 0 bridgehead atoms. The molecule has 1 aromatic carbocycles. The molecular formula is C18H17N5O2. The van der Waals surface area contributed by atoms with Gasteiger partial charge in [-0.3, -0.25) is 14.6 Å². The summed E-state index contributed by atoms with van der Waals surface area (Å²) in [6.45, 7) is 1.44. The Morgan fingerprint density at radius 2 is 2.00 bits per heavy atom. The third-order valence-electron chi connectivity index (χ3n) is 4.03. The van der Waals surface area contributed by atoms with Crippen molar-refractivity contribution in [2.24, 2.45) is 0 Å². The summed E-state index contributed by atoms with van der Waals surface area (Å²) in [6.07, 6.45) is 2.18. The molecule has 0 aliphatic heterocycles. The normalized spacial score (nSPS) is 13.6. The molecule has 1 amide bonds. The van der Waals surface area contributed by atoms with E-state index in [9.17, 15) is 9.59 Å². The molecule has 1 aliphatic rings. The fourth-order valence-electron chi connectivity index (χ4n) is 2.71. The van der Waals surface area contributed by atoms with Gasteiger partial charge in [0.2, 0.25) is 11.9 Å². The summed E-state index contributed by atoms with van der Waals surface area (Å²) in [5.74, 6) is 0.993. The predicted octanol–water partition coefficient (Wildman–Crippen LogP) is 2.46. The molecule has 4 rings (SSSR count). The zero-order chi connectivity index (χ0) is 17.4. The average molecular weight is 335 g/mol. The zero-order valence-electron chi connectivity index (χ0n) is 13.7. The maximum Gasteiger partial charge on any atom is 0.252 e. The quantitative estimate of drug-likeness (QED) is 0.766. The summed E-state index contributed by atoms with van der Waals surface area (Å²) in [6, 6.07) is 12.7. The first kappa shape index (κ1) is 15.3. The Labute approximate surface area is 143 Å². The SMILES string of the molecule is CC(=O)Nc1cc(C2CC2)nn1-c1nc(-c2ccccc2)cc(=O)[nH]1. The highest BCUT2D eigenvalue weighted by Gasteiger charge is 2.28. The van der Waals surface area contributed by atoms with E-state index in [1.807, 2.05) is 36.4 Å². The van der Waals surface area contributed by atoms with Gasteiger partial charge in [-0.15, -0.1) is 0 Å². The number of nitrogens with zero attached hydrogens (tertiary/aromatic N) is 3. The molecular weight excluding hydrogens is 318 g/mol. The first-order valence-electron chi connectivity index (χ1n) is 8.15. The van der Waals surface area contributed by atoms with E-state index in [4.69, 9.17) is 0 Å². The Hall–Kier alpha value is -3.22. The molecule has 1 aliphatic carbocycles. The van der Waals surface area contributed by atoms with Crippen molar-refractivity contribution in [3.05, 3.63) is 58.5 Å². The molecule has 0 saturated heterocycles. The Kier molecular flexibility index (Phi) is 3.68. The molecule has 1 saturated carbocycles. The van der Waals surface area contributed by atoms with E-state index in [-0.39, 0.29) is 17.4 Å². The van der Waals surface area contributed by atoms with Crippen LogP contribution in [0.4, 0.5) is 5.82 Å². The number of hydrogen-bond donors (Lipinski definition) is 2. The Morgan fingerprint density at radius 1 is 1.24 bits per heavy atom. The standard InChI is InChI=1S/C18H17N5O2/c1-11(24)19-16-9-15(13-7-8-13)22-23(16)18-20-14(10-17(25)21-18)12-5-3-2-4-6-12/h2-6,9-10,13H,7-8H2,1H3,(H,19,24)(H,20,21,25). The van der Waals surface area contributed by atoms with Crippen LogP contribution in [0.3, 0.4) is 0 Å². The van der Waals surface area contributed by atoms with Crippen molar-refractivity contribution in [3.8, 4) is 17.2 Å². The molecule has 0 unspecified atom stereocenters. The largest absolute Gasteiger partial charge is 0.311 e. The van der Waals surface area contributed by atoms with E-state index in [0.717, 1.165) is 24.1 Å². The minimum Gasteiger partial charge on any atom is -0.311 e. The van der Waals surface area contributed by atoms with Crippen molar-refractivity contribution < 1.29 is 4.79 Å². The van der Waals surface area contributed by atoms with E-state index in [0.29, 0.717) is 17.4 Å². The van der Waals surface area contributed by atoms with Gasteiger partial charge in [0.05, 0.1) is 11.4 Å². The van der Waals surface area contributed by atoms with Crippen LogP contribution in [0.25, 0.3) is 17.2 Å². The van der Waals surface area contributed by atoms with Gasteiger partial charge in [0, 0.05) is 30.5 Å². The number of H-pyrrole nitrogens is 1. The molecule has 0 radical (unpaired) electrons. The minimum absolute atomic E-state index is 0.204. The Morgan fingerprint density at radius 3 is 2.68 bits per heavy atom. The van der Waals surface area contributed by atoms with E-state index < -0.39 is 0 Å². The summed E-state index contributed by atoms with van der Waals surface area (Å²) in [5.41, 5.74) is 2.01. The van der Waals surface area contributed by atoms with E-state index >= 15 is 0 Å². The van der Waals surface area contributed by atoms with Crippen LogP contribution in [0, 0.1) is 0 Å². The van der Waals surface area contributed by atoms with Gasteiger partial charge < -0.3 is 5.32 Å². The number of aromatic nitrogens is 4. The minimum atomic E-state index is -0.277. The summed E-state index contributed by atoms with van der Waals surface area (Å²) < 4.78 is 1.49. The van der Waals surface area contributed by atoms with Crippen molar-refractivity contribution in [3.63, 3.8) is 0 Å². The van der Waals surface area contributed by atoms with Crippen molar-refractivity contribution in [1.82, 2.24) is 19.7 Å². The lowest BCUT2D eigenvalue weighted by Crippen LogP contribution is -2.17. The average Bonchev–Trinajstić information content (AvgIpc) is 3.36. The van der Waals surface area contributed by atoms with E-state index in [1.165, 1.54) is 17.7 Å². The van der Waals surface area contributed by atoms with Gasteiger partial charge in [-0.1, -0.05) is 30.3 Å². The monoisotopic (exact) mass is 335 g/mol. The number of anilines is 1. The number of carbonyl (C=O) groups excluding carboxylic acids is 1. The van der Waals surface area contributed by atoms with Crippen LogP contribution < -0.4 is 10.9 Å². The fourth-order valence-corrected chi connectivity index (χ4v) is 2.71. The number of benzene rings is 1. The van der Waals surface area contributed by atoms with E-state index in [2.05, 4.69) is 20.4 Å². The number of hydrogen-bond acceptors (Lipinski definition) is 4. The summed E-state index contributed by atoms with van der Waals surface area (Å²) in [4.78, 5) is 30.9. The molecule has 2 heterocycles. The van der Waals surface area contributed by atoms with Crippen LogP contribution in [0.2, 0.25) is 0 Å². The second-order valence-electron chi connectivity index (χ2n) is 6.14. The summed E-state index contributed by atoms with van der Waals surface area (Å²) in [7, 11) is 0. The van der Waals surface area contributed by atoms with Gasteiger partial charge in [0.15, 0.2) is 0 Å². The molecule has 3 aromatic rings. The lowest BCUT2D eigenvalue weighted by atomic mass is 10.1. The van der Waals surface area contributed by atoms with Crippen molar-refractivity contribution in [1.29, 1.82) is 0 Å². The molecule has 0 spiro atoms. The number of amides is 1. The highest BCUT2D eigenvalue weighted by molar-refractivity contribution is 5.88. The van der Waals surface area contributed by atoms with Crippen LogP contribution in [-0.4, -0.2) is 25.7 Å². The molecule has 126 valence electrons. The number of rotatable bonds is 4. The molecule has 2 N–H and O–H groups in total. The maximum atomic E-state index is 12.1. The zero-order valence-corrected chi connectivity index (χ0v) is 13.7. The second-order valence-corrected chi connectivity index (χ2v) is 6.14. The smallest absolute Gasteiger partial charge is 0.252 e. The second kappa shape index (κ2) is 6.01. The van der Waals surface area contributed by atoms with Crippen molar-refractivity contribution >= 4 is 11.7 Å². The Balaban J connectivity index is 1.82. The van der Waals surface area contributed by atoms with Crippen LogP contribution in [-0.2, 0) is 4.79 Å². The molecule has 2 aromatic heterocycles. The number of carbonyl (C=O) groups is 1. The van der Waals surface area contributed by atoms with Gasteiger partial charge in [0.25, 0.3) is 5.56 Å². The van der Waals surface area contributed by atoms with Gasteiger partial charge in [-0.2, -0.15) is 9.78 Å². The molecule has 1 fully saturated rings. The van der Waals surface area contributed by atoms with Gasteiger partial charge >= 0.3 is 0 Å². The highest BCUT2D eigenvalue weighted by atomic mass is 16.1. The third-order valence-corrected chi connectivity index (χ3v) is 4.03. The van der Waals surface area contributed by atoms with Gasteiger partial charge in [0.1, 0.15) is 5.82 Å². The molecule has 25 heavy (non-hydrogen) atoms. The lowest BCUT2D eigenvalue weighted by molar-refractivity contribution is -0.114. The number of nitrogens with one attached hydrogen (secondary N) is 2. The third kappa shape index (κ3) is 3.21. The highest BCUT2D eigenvalue weighted by Crippen LogP contribution is 2.40. The topological polar surface area (TPSA) is 92.7 Å². The molecule has 0 atom stereocenters. The van der Waals surface area contributed by atoms with Crippen LogP contribution in [0.15, 0.2) is 47.3 Å². The fraction of sp³-hybridized carbons (Fsp3) is 0.222.